The molecule has 1 atom stereocenters. The van der Waals surface area contributed by atoms with E-state index in [1.807, 2.05) is 0 Å². The molecule has 1 fully saturated rings. The summed E-state index contributed by atoms with van der Waals surface area (Å²) in [4.78, 5) is 37.4. The van der Waals surface area contributed by atoms with Gasteiger partial charge in [0.15, 0.2) is 0 Å². The van der Waals surface area contributed by atoms with Crippen molar-refractivity contribution < 1.29 is 23.9 Å². The summed E-state index contributed by atoms with van der Waals surface area (Å²) in [7, 11) is 4.27. The van der Waals surface area contributed by atoms with Crippen LogP contribution in [0.2, 0.25) is 5.02 Å². The summed E-state index contributed by atoms with van der Waals surface area (Å²) in [6.07, 6.45) is -2.28. The monoisotopic (exact) mass is 312 g/mol. The number of benzene rings is 1. The van der Waals surface area contributed by atoms with Crippen LogP contribution >= 0.6 is 11.6 Å². The third-order valence-corrected chi connectivity index (χ3v) is 3.13. The summed E-state index contributed by atoms with van der Waals surface area (Å²) in [6, 6.07) is 3.82. The molecule has 7 nitrogen and oxygen atoms in total. The highest BCUT2D eigenvalue weighted by Crippen LogP contribution is 2.35. The second kappa shape index (κ2) is 5.61. The zero-order valence-corrected chi connectivity index (χ0v) is 12.4. The molecule has 4 amide bonds. The first-order chi connectivity index (χ1) is 9.86. The van der Waals surface area contributed by atoms with Crippen molar-refractivity contribution >= 4 is 29.6 Å². The number of hydrogen-bond donors (Lipinski definition) is 0. The minimum Gasteiger partial charge on any atom is -0.496 e. The lowest BCUT2D eigenvalue weighted by molar-refractivity contribution is -0.128. The van der Waals surface area contributed by atoms with Gasteiger partial charge in [-0.15, -0.1) is 0 Å². The van der Waals surface area contributed by atoms with Gasteiger partial charge >= 0.3 is 12.1 Å². The Hall–Kier alpha value is -2.28. The van der Waals surface area contributed by atoms with Crippen LogP contribution in [0.4, 0.5) is 9.59 Å². The van der Waals surface area contributed by atoms with Gasteiger partial charge in [-0.1, -0.05) is 11.6 Å². The van der Waals surface area contributed by atoms with Crippen LogP contribution in [0.5, 0.6) is 5.75 Å². The molecule has 1 heterocycles. The largest absolute Gasteiger partial charge is 0.496 e. The van der Waals surface area contributed by atoms with Crippen LogP contribution < -0.4 is 4.74 Å². The second-order valence-corrected chi connectivity index (χ2v) is 4.94. The van der Waals surface area contributed by atoms with Gasteiger partial charge in [-0.3, -0.25) is 4.79 Å². The van der Waals surface area contributed by atoms with Crippen LogP contribution in [0.25, 0.3) is 0 Å². The number of methoxy groups -OCH3 is 1. The zero-order chi connectivity index (χ0) is 15.7. The number of halogens is 1. The van der Waals surface area contributed by atoms with E-state index >= 15 is 0 Å². The van der Waals surface area contributed by atoms with Crippen molar-refractivity contribution in [1.82, 2.24) is 9.80 Å². The van der Waals surface area contributed by atoms with E-state index in [0.717, 1.165) is 4.90 Å². The first-order valence-electron chi connectivity index (χ1n) is 5.96. The van der Waals surface area contributed by atoms with E-state index < -0.39 is 24.1 Å². The molecule has 0 bridgehead atoms. The van der Waals surface area contributed by atoms with E-state index in [1.54, 1.807) is 12.1 Å². The summed E-state index contributed by atoms with van der Waals surface area (Å²) in [6.45, 7) is 0. The number of cyclic esters (lactones) is 1. The van der Waals surface area contributed by atoms with E-state index in [9.17, 15) is 14.4 Å². The quantitative estimate of drug-likeness (QED) is 0.835. The smallest absolute Gasteiger partial charge is 0.426 e. The molecule has 0 radical (unpaired) electrons. The van der Waals surface area contributed by atoms with E-state index in [-0.39, 0.29) is 5.56 Å². The van der Waals surface area contributed by atoms with E-state index in [0.29, 0.717) is 15.7 Å². The number of imide groups is 3. The molecule has 8 heteroatoms. The molecule has 0 aromatic heterocycles. The van der Waals surface area contributed by atoms with Crippen LogP contribution in [0.1, 0.15) is 11.7 Å². The Bertz CT molecular complexity index is 617. The van der Waals surface area contributed by atoms with Crippen molar-refractivity contribution in [3.8, 4) is 5.75 Å². The first kappa shape index (κ1) is 15.1. The molecule has 1 aromatic carbocycles. The maximum atomic E-state index is 12.3. The normalized spacial score (nSPS) is 17.7. The first-order valence-corrected chi connectivity index (χ1v) is 6.34. The number of ether oxygens (including phenoxy) is 2. The number of nitrogens with zero attached hydrogens (tertiary/aromatic N) is 2. The fourth-order valence-electron chi connectivity index (χ4n) is 1.89. The minimum atomic E-state index is -1.25. The summed E-state index contributed by atoms with van der Waals surface area (Å²) < 4.78 is 10.1. The molecule has 0 aliphatic carbocycles. The Morgan fingerprint density at radius 3 is 2.62 bits per heavy atom. The topological polar surface area (TPSA) is 76.2 Å². The fraction of sp³-hybridized carbons (Fsp3) is 0.308. The van der Waals surface area contributed by atoms with Crippen molar-refractivity contribution in [3.05, 3.63) is 28.8 Å². The Kier molecular flexibility index (Phi) is 4.04. The predicted octanol–water partition coefficient (Wildman–Crippen LogP) is 2.05. The molecule has 1 unspecified atom stereocenters. The number of carbonyl (C=O) groups excluding carboxylic acids is 3. The van der Waals surface area contributed by atoms with Crippen molar-refractivity contribution in [2.45, 2.75) is 6.10 Å². The predicted molar refractivity (Wildman–Crippen MR) is 73.2 cm³/mol. The van der Waals surface area contributed by atoms with E-state index in [4.69, 9.17) is 21.1 Å². The van der Waals surface area contributed by atoms with Crippen molar-refractivity contribution in [2.24, 2.45) is 0 Å². The number of amides is 4. The molecule has 1 aromatic rings. The number of rotatable bonds is 2. The van der Waals surface area contributed by atoms with Gasteiger partial charge in [0, 0.05) is 24.7 Å². The summed E-state index contributed by atoms with van der Waals surface area (Å²) in [5.74, 6) is -0.441. The molecule has 112 valence electrons. The van der Waals surface area contributed by atoms with Crippen LogP contribution in [-0.2, 0) is 9.53 Å². The molecule has 1 aliphatic rings. The van der Waals surface area contributed by atoms with Gasteiger partial charge in [-0.05, 0) is 18.2 Å². The number of urea groups is 1. The lowest BCUT2D eigenvalue weighted by Gasteiger charge is -2.15. The van der Waals surface area contributed by atoms with E-state index in [1.165, 1.54) is 27.3 Å². The molecule has 1 aliphatic heterocycles. The van der Waals surface area contributed by atoms with Crippen LogP contribution in [0.3, 0.4) is 0 Å². The summed E-state index contributed by atoms with van der Waals surface area (Å²) in [5, 5.41) is 0.354. The highest BCUT2D eigenvalue weighted by molar-refractivity contribution is 6.30. The Balaban J connectivity index is 2.40. The minimum absolute atomic E-state index is 0.289. The van der Waals surface area contributed by atoms with Crippen LogP contribution in [-0.4, -0.2) is 49.0 Å². The van der Waals surface area contributed by atoms with Crippen molar-refractivity contribution in [2.75, 3.05) is 21.2 Å². The standard InChI is InChI=1S/C13H13ClN2O5/c1-15(2)12(18)16-11(17)10(21-13(16)19)8-6-7(14)4-5-9(8)20-3/h4-6,10H,1-3H3. The van der Waals surface area contributed by atoms with Gasteiger partial charge in [0.1, 0.15) is 5.75 Å². The third-order valence-electron chi connectivity index (χ3n) is 2.89. The lowest BCUT2D eigenvalue weighted by Crippen LogP contribution is -2.42. The summed E-state index contributed by atoms with van der Waals surface area (Å²) >= 11 is 5.89. The Morgan fingerprint density at radius 1 is 1.38 bits per heavy atom. The van der Waals surface area contributed by atoms with E-state index in [2.05, 4.69) is 0 Å². The molecular weight excluding hydrogens is 300 g/mol. The van der Waals surface area contributed by atoms with Gasteiger partial charge in [-0.25, -0.2) is 9.59 Å². The van der Waals surface area contributed by atoms with Crippen LogP contribution in [0, 0.1) is 0 Å². The Labute approximate surface area is 126 Å². The highest BCUT2D eigenvalue weighted by atomic mass is 35.5. The van der Waals surface area contributed by atoms with Gasteiger partial charge in [0.2, 0.25) is 6.10 Å². The van der Waals surface area contributed by atoms with Crippen LogP contribution in [0.15, 0.2) is 18.2 Å². The van der Waals surface area contributed by atoms with Gasteiger partial charge in [-0.2, -0.15) is 4.90 Å². The second-order valence-electron chi connectivity index (χ2n) is 4.50. The lowest BCUT2D eigenvalue weighted by atomic mass is 10.1. The average Bonchev–Trinajstić information content (AvgIpc) is 2.73. The Morgan fingerprint density at radius 2 is 2.05 bits per heavy atom. The molecule has 21 heavy (non-hydrogen) atoms. The highest BCUT2D eigenvalue weighted by Gasteiger charge is 2.47. The summed E-state index contributed by atoms with van der Waals surface area (Å²) in [5.41, 5.74) is 0.289. The molecule has 0 N–H and O–H groups in total. The SMILES string of the molecule is COc1ccc(Cl)cc1C1OC(=O)N(C(=O)N(C)C)C1=O. The average molecular weight is 313 g/mol. The molecule has 2 rings (SSSR count). The fourth-order valence-corrected chi connectivity index (χ4v) is 2.07. The molecular formula is C13H13ClN2O5. The van der Waals surface area contributed by atoms with Gasteiger partial charge < -0.3 is 14.4 Å². The maximum Gasteiger partial charge on any atom is 0.426 e. The molecule has 0 spiro atoms. The van der Waals surface area contributed by atoms with Gasteiger partial charge in [0.05, 0.1) is 7.11 Å². The van der Waals surface area contributed by atoms with Crippen molar-refractivity contribution in [3.63, 3.8) is 0 Å². The number of hydrogen-bond acceptors (Lipinski definition) is 5. The number of carbonyl (C=O) groups is 3. The maximum absolute atomic E-state index is 12.3. The van der Waals surface area contributed by atoms with Gasteiger partial charge in [0.25, 0.3) is 5.91 Å². The third kappa shape index (κ3) is 2.64. The molecule has 0 saturated carbocycles. The van der Waals surface area contributed by atoms with Crippen molar-refractivity contribution in [1.29, 1.82) is 0 Å². The zero-order valence-electron chi connectivity index (χ0n) is 11.6. The molecule has 1 saturated heterocycles.